The summed E-state index contributed by atoms with van der Waals surface area (Å²) in [5, 5.41) is 7.36. The van der Waals surface area contributed by atoms with Crippen molar-refractivity contribution in [2.24, 2.45) is 0 Å². The Labute approximate surface area is 128 Å². The summed E-state index contributed by atoms with van der Waals surface area (Å²) in [5.74, 6) is 1.07. The molecule has 3 N–H and O–H groups in total. The van der Waals surface area contributed by atoms with Crippen molar-refractivity contribution < 1.29 is 4.74 Å². The molecule has 0 saturated carbocycles. The predicted molar refractivity (Wildman–Crippen MR) is 85.5 cm³/mol. The summed E-state index contributed by atoms with van der Waals surface area (Å²) in [5.41, 5.74) is 11.1. The number of benzene rings is 1. The Balaban J connectivity index is 2.14. The molecule has 0 amide bonds. The van der Waals surface area contributed by atoms with Crippen molar-refractivity contribution in [1.29, 1.82) is 0 Å². The number of nitrogens with one attached hydrogen (secondary N) is 1. The van der Waals surface area contributed by atoms with Crippen molar-refractivity contribution in [2.75, 3.05) is 12.8 Å². The van der Waals surface area contributed by atoms with Crippen molar-refractivity contribution >= 4 is 5.95 Å². The minimum atomic E-state index is 0.253. The number of hydrogen-bond acceptors (Lipinski definition) is 5. The second-order valence-corrected chi connectivity index (χ2v) is 5.04. The van der Waals surface area contributed by atoms with Crippen LogP contribution >= 0.6 is 0 Å². The molecule has 2 heterocycles. The van der Waals surface area contributed by atoms with E-state index >= 15 is 0 Å². The van der Waals surface area contributed by atoms with Gasteiger partial charge in [-0.25, -0.2) is 9.97 Å². The molecule has 0 radical (unpaired) electrons. The number of methoxy groups -OCH3 is 1. The molecule has 0 saturated heterocycles. The number of aromatic nitrogens is 4. The van der Waals surface area contributed by atoms with E-state index in [2.05, 4.69) is 20.2 Å². The lowest BCUT2D eigenvalue weighted by Crippen LogP contribution is -1.99. The first-order valence-corrected chi connectivity index (χ1v) is 6.89. The van der Waals surface area contributed by atoms with Crippen LogP contribution in [0.1, 0.15) is 11.4 Å². The maximum absolute atomic E-state index is 5.76. The van der Waals surface area contributed by atoms with E-state index in [4.69, 9.17) is 10.5 Å². The van der Waals surface area contributed by atoms with Gasteiger partial charge in [0.05, 0.1) is 24.2 Å². The molecular weight excluding hydrogens is 278 g/mol. The number of H-pyrrole nitrogens is 1. The van der Waals surface area contributed by atoms with E-state index in [0.717, 1.165) is 39.7 Å². The van der Waals surface area contributed by atoms with Gasteiger partial charge >= 0.3 is 0 Å². The SMILES string of the molecule is COc1ccc(-c2c(C)n[nH]c2-c2cc(C)nc(N)n2)cc1. The van der Waals surface area contributed by atoms with E-state index in [1.54, 1.807) is 7.11 Å². The van der Waals surface area contributed by atoms with Crippen LogP contribution in [-0.4, -0.2) is 27.3 Å². The highest BCUT2D eigenvalue weighted by atomic mass is 16.5. The summed E-state index contributed by atoms with van der Waals surface area (Å²) in [6, 6.07) is 9.72. The van der Waals surface area contributed by atoms with E-state index in [-0.39, 0.29) is 5.95 Å². The lowest BCUT2D eigenvalue weighted by Gasteiger charge is -2.07. The quantitative estimate of drug-likeness (QED) is 0.775. The van der Waals surface area contributed by atoms with Gasteiger partial charge in [-0.2, -0.15) is 5.10 Å². The monoisotopic (exact) mass is 295 g/mol. The lowest BCUT2D eigenvalue weighted by molar-refractivity contribution is 0.415. The zero-order chi connectivity index (χ0) is 15.7. The van der Waals surface area contributed by atoms with Gasteiger partial charge in [0.1, 0.15) is 5.75 Å². The Morgan fingerprint density at radius 2 is 1.82 bits per heavy atom. The highest BCUT2D eigenvalue weighted by Crippen LogP contribution is 2.33. The number of anilines is 1. The fourth-order valence-corrected chi connectivity index (χ4v) is 2.45. The third kappa shape index (κ3) is 2.50. The number of nitrogen functional groups attached to an aromatic ring is 1. The smallest absolute Gasteiger partial charge is 0.220 e. The molecule has 1 aromatic carbocycles. The van der Waals surface area contributed by atoms with Crippen LogP contribution in [-0.2, 0) is 0 Å². The Morgan fingerprint density at radius 3 is 2.45 bits per heavy atom. The maximum Gasteiger partial charge on any atom is 0.220 e. The van der Waals surface area contributed by atoms with Gasteiger partial charge in [-0.15, -0.1) is 0 Å². The van der Waals surface area contributed by atoms with Crippen LogP contribution in [0, 0.1) is 13.8 Å². The van der Waals surface area contributed by atoms with Gasteiger partial charge in [-0.3, -0.25) is 5.10 Å². The number of nitrogens with zero attached hydrogens (tertiary/aromatic N) is 3. The van der Waals surface area contributed by atoms with E-state index in [9.17, 15) is 0 Å². The number of hydrogen-bond donors (Lipinski definition) is 2. The van der Waals surface area contributed by atoms with Crippen LogP contribution in [0.2, 0.25) is 0 Å². The first kappa shape index (κ1) is 14.1. The minimum absolute atomic E-state index is 0.253. The van der Waals surface area contributed by atoms with Gasteiger partial charge in [0.25, 0.3) is 0 Å². The number of ether oxygens (including phenoxy) is 1. The molecule has 6 heteroatoms. The first-order chi connectivity index (χ1) is 10.6. The van der Waals surface area contributed by atoms with Crippen LogP contribution in [0.5, 0.6) is 5.75 Å². The van der Waals surface area contributed by atoms with Crippen LogP contribution < -0.4 is 10.5 Å². The maximum atomic E-state index is 5.76. The molecule has 2 aromatic heterocycles. The summed E-state index contributed by atoms with van der Waals surface area (Å²) >= 11 is 0. The second kappa shape index (κ2) is 5.48. The zero-order valence-corrected chi connectivity index (χ0v) is 12.7. The zero-order valence-electron chi connectivity index (χ0n) is 12.7. The molecule has 3 rings (SSSR count). The molecule has 0 spiro atoms. The van der Waals surface area contributed by atoms with Crippen molar-refractivity contribution in [2.45, 2.75) is 13.8 Å². The Kier molecular flexibility index (Phi) is 3.50. The molecule has 0 unspecified atom stereocenters. The van der Waals surface area contributed by atoms with Gasteiger partial charge in [0, 0.05) is 11.3 Å². The summed E-state index contributed by atoms with van der Waals surface area (Å²) in [4.78, 5) is 8.42. The van der Waals surface area contributed by atoms with E-state index in [1.807, 2.05) is 44.2 Å². The Bertz CT molecular complexity index is 788. The number of aryl methyl sites for hydroxylation is 2. The van der Waals surface area contributed by atoms with Crippen molar-refractivity contribution in [3.05, 3.63) is 41.7 Å². The average Bonchev–Trinajstić information content (AvgIpc) is 2.88. The Morgan fingerprint density at radius 1 is 1.09 bits per heavy atom. The topological polar surface area (TPSA) is 89.7 Å². The number of rotatable bonds is 3. The van der Waals surface area contributed by atoms with Crippen LogP contribution in [0.25, 0.3) is 22.5 Å². The first-order valence-electron chi connectivity index (χ1n) is 6.89. The molecule has 0 atom stereocenters. The molecule has 0 bridgehead atoms. The largest absolute Gasteiger partial charge is 0.497 e. The predicted octanol–water partition coefficient (Wildman–Crippen LogP) is 2.74. The van der Waals surface area contributed by atoms with Gasteiger partial charge in [0.15, 0.2) is 0 Å². The van der Waals surface area contributed by atoms with E-state index < -0.39 is 0 Å². The molecule has 6 nitrogen and oxygen atoms in total. The molecule has 22 heavy (non-hydrogen) atoms. The van der Waals surface area contributed by atoms with E-state index in [0.29, 0.717) is 0 Å². The van der Waals surface area contributed by atoms with Crippen molar-refractivity contribution in [3.63, 3.8) is 0 Å². The lowest BCUT2D eigenvalue weighted by atomic mass is 10.0. The molecule has 0 aliphatic rings. The van der Waals surface area contributed by atoms with Gasteiger partial charge < -0.3 is 10.5 Å². The Hall–Kier alpha value is -2.89. The molecule has 0 fully saturated rings. The molecule has 3 aromatic rings. The van der Waals surface area contributed by atoms with Crippen LogP contribution in [0.3, 0.4) is 0 Å². The molecule has 0 aliphatic carbocycles. The summed E-state index contributed by atoms with van der Waals surface area (Å²) in [7, 11) is 1.65. The summed E-state index contributed by atoms with van der Waals surface area (Å²) in [6.07, 6.45) is 0. The van der Waals surface area contributed by atoms with E-state index in [1.165, 1.54) is 0 Å². The fraction of sp³-hybridized carbons (Fsp3) is 0.188. The highest BCUT2D eigenvalue weighted by Gasteiger charge is 2.16. The normalized spacial score (nSPS) is 10.7. The third-order valence-electron chi connectivity index (χ3n) is 3.45. The van der Waals surface area contributed by atoms with Crippen molar-refractivity contribution in [3.8, 4) is 28.3 Å². The third-order valence-corrected chi connectivity index (χ3v) is 3.45. The van der Waals surface area contributed by atoms with Gasteiger partial charge in [-0.1, -0.05) is 12.1 Å². The van der Waals surface area contributed by atoms with Crippen LogP contribution in [0.4, 0.5) is 5.95 Å². The summed E-state index contributed by atoms with van der Waals surface area (Å²) in [6.45, 7) is 3.84. The van der Waals surface area contributed by atoms with Gasteiger partial charge in [-0.05, 0) is 37.6 Å². The van der Waals surface area contributed by atoms with Gasteiger partial charge in [0.2, 0.25) is 5.95 Å². The number of nitrogens with two attached hydrogens (primary N) is 1. The molecular formula is C16H17N5O. The van der Waals surface area contributed by atoms with Crippen LogP contribution in [0.15, 0.2) is 30.3 Å². The minimum Gasteiger partial charge on any atom is -0.497 e. The number of aromatic amines is 1. The second-order valence-electron chi connectivity index (χ2n) is 5.04. The summed E-state index contributed by atoms with van der Waals surface area (Å²) < 4.78 is 5.20. The van der Waals surface area contributed by atoms with Crippen molar-refractivity contribution in [1.82, 2.24) is 20.2 Å². The molecule has 0 aliphatic heterocycles. The fourth-order valence-electron chi connectivity index (χ4n) is 2.45. The average molecular weight is 295 g/mol. The molecule has 112 valence electrons. The highest BCUT2D eigenvalue weighted by molar-refractivity contribution is 5.81. The standard InChI is InChI=1S/C16H17N5O/c1-9-8-13(19-16(17)18-9)15-14(10(2)20-21-15)11-4-6-12(22-3)7-5-11/h4-8H,1-3H3,(H,20,21)(H2,17,18,19).